The normalized spacial score (nSPS) is 12.8. The summed E-state index contributed by atoms with van der Waals surface area (Å²) in [4.78, 5) is 0. The van der Waals surface area contributed by atoms with E-state index in [9.17, 15) is 8.42 Å². The van der Waals surface area contributed by atoms with Crippen LogP contribution in [0.1, 0.15) is 31.9 Å². The lowest BCUT2D eigenvalue weighted by atomic mass is 9.86. The molecule has 1 N–H and O–H groups in total. The second-order valence-corrected chi connectivity index (χ2v) is 7.55. The largest absolute Gasteiger partial charge is 0.301 e. The molecule has 18 heavy (non-hydrogen) atoms. The molecule has 102 valence electrons. The van der Waals surface area contributed by atoms with Crippen LogP contribution in [-0.2, 0) is 15.6 Å². The number of nitrogens with one attached hydrogen (secondary N) is 1. The predicted octanol–water partition coefficient (Wildman–Crippen LogP) is 2.51. The van der Waals surface area contributed by atoms with Crippen molar-refractivity contribution in [3.8, 4) is 0 Å². The smallest absolute Gasteiger partial charge is 0.271 e. The van der Waals surface area contributed by atoms with Gasteiger partial charge in [0.15, 0.2) is 0 Å². The summed E-state index contributed by atoms with van der Waals surface area (Å²) in [6.45, 7) is 8.19. The second kappa shape index (κ2) is 4.90. The molecule has 1 aromatic carbocycles. The third-order valence-corrected chi connectivity index (χ3v) is 4.26. The fourth-order valence-corrected chi connectivity index (χ4v) is 2.11. The number of aryl methyl sites for hydroxylation is 1. The van der Waals surface area contributed by atoms with E-state index >= 15 is 0 Å². The SMILES string of the molecule is Cc1ccc(C(C)(C)C)cc1NS(=O)(=O)N(C)C. The molecule has 4 nitrogen and oxygen atoms in total. The zero-order valence-electron chi connectivity index (χ0n) is 11.9. The number of hydrogen-bond donors (Lipinski definition) is 1. The number of rotatable bonds is 3. The first-order chi connectivity index (χ1) is 8.04. The van der Waals surface area contributed by atoms with Crippen molar-refractivity contribution in [1.29, 1.82) is 0 Å². The maximum absolute atomic E-state index is 11.8. The van der Waals surface area contributed by atoms with Crippen LogP contribution in [0.5, 0.6) is 0 Å². The Morgan fingerprint density at radius 3 is 2.17 bits per heavy atom. The van der Waals surface area contributed by atoms with E-state index in [0.29, 0.717) is 5.69 Å². The van der Waals surface area contributed by atoms with Crippen molar-refractivity contribution >= 4 is 15.9 Å². The van der Waals surface area contributed by atoms with Gasteiger partial charge in [-0.15, -0.1) is 0 Å². The maximum Gasteiger partial charge on any atom is 0.301 e. The van der Waals surface area contributed by atoms with Crippen molar-refractivity contribution in [2.45, 2.75) is 33.1 Å². The molecular formula is C13H22N2O2S. The van der Waals surface area contributed by atoms with Crippen LogP contribution in [0.3, 0.4) is 0 Å². The molecule has 0 aliphatic rings. The number of nitrogens with zero attached hydrogens (tertiary/aromatic N) is 1. The summed E-state index contributed by atoms with van der Waals surface area (Å²) in [7, 11) is -0.442. The van der Waals surface area contributed by atoms with E-state index in [1.165, 1.54) is 14.1 Å². The van der Waals surface area contributed by atoms with E-state index in [2.05, 4.69) is 25.5 Å². The number of benzene rings is 1. The molecule has 0 amide bonds. The first-order valence-corrected chi connectivity index (χ1v) is 7.29. The van der Waals surface area contributed by atoms with Crippen LogP contribution in [0, 0.1) is 6.92 Å². The Morgan fingerprint density at radius 2 is 1.72 bits per heavy atom. The summed E-state index contributed by atoms with van der Waals surface area (Å²) in [5.74, 6) is 0. The summed E-state index contributed by atoms with van der Waals surface area (Å²) in [5, 5.41) is 0. The lowest BCUT2D eigenvalue weighted by molar-refractivity contribution is 0.526. The van der Waals surface area contributed by atoms with Gasteiger partial charge in [0.2, 0.25) is 0 Å². The van der Waals surface area contributed by atoms with Gasteiger partial charge in [0.05, 0.1) is 5.69 Å². The van der Waals surface area contributed by atoms with Gasteiger partial charge in [-0.05, 0) is 29.5 Å². The zero-order valence-corrected chi connectivity index (χ0v) is 12.7. The van der Waals surface area contributed by atoms with Crippen molar-refractivity contribution < 1.29 is 8.42 Å². The molecule has 0 aliphatic carbocycles. The van der Waals surface area contributed by atoms with Crippen molar-refractivity contribution in [1.82, 2.24) is 4.31 Å². The van der Waals surface area contributed by atoms with Crippen LogP contribution < -0.4 is 4.72 Å². The molecule has 0 radical (unpaired) electrons. The molecule has 0 aliphatic heterocycles. The Hall–Kier alpha value is -1.07. The minimum Gasteiger partial charge on any atom is -0.271 e. The maximum atomic E-state index is 11.8. The van der Waals surface area contributed by atoms with Crippen LogP contribution in [0.15, 0.2) is 18.2 Å². The van der Waals surface area contributed by atoms with Crippen LogP contribution in [0.2, 0.25) is 0 Å². The average molecular weight is 270 g/mol. The Labute approximate surface area is 110 Å². The highest BCUT2D eigenvalue weighted by Gasteiger charge is 2.18. The highest BCUT2D eigenvalue weighted by molar-refractivity contribution is 7.90. The Bertz CT molecular complexity index is 528. The van der Waals surface area contributed by atoms with Gasteiger partial charge in [-0.2, -0.15) is 12.7 Å². The second-order valence-electron chi connectivity index (χ2n) is 5.67. The van der Waals surface area contributed by atoms with Crippen molar-refractivity contribution in [3.05, 3.63) is 29.3 Å². The standard InChI is InChI=1S/C13H22N2O2S/c1-10-7-8-11(13(2,3)4)9-12(10)14-18(16,17)15(5)6/h7-9,14H,1-6H3. The third kappa shape index (κ3) is 3.46. The lowest BCUT2D eigenvalue weighted by Gasteiger charge is -2.22. The van der Waals surface area contributed by atoms with Gasteiger partial charge < -0.3 is 0 Å². The van der Waals surface area contributed by atoms with Crippen LogP contribution in [0.4, 0.5) is 5.69 Å². The van der Waals surface area contributed by atoms with E-state index in [4.69, 9.17) is 0 Å². The molecule has 0 heterocycles. The first kappa shape index (κ1) is 15.0. The van der Waals surface area contributed by atoms with Crippen LogP contribution >= 0.6 is 0 Å². The first-order valence-electron chi connectivity index (χ1n) is 5.85. The Morgan fingerprint density at radius 1 is 1.17 bits per heavy atom. The highest BCUT2D eigenvalue weighted by atomic mass is 32.2. The van der Waals surface area contributed by atoms with E-state index < -0.39 is 10.2 Å². The Kier molecular flexibility index (Phi) is 4.08. The van der Waals surface area contributed by atoms with E-state index in [-0.39, 0.29) is 5.41 Å². The number of anilines is 1. The number of hydrogen-bond acceptors (Lipinski definition) is 2. The van der Waals surface area contributed by atoms with Gasteiger partial charge in [0, 0.05) is 14.1 Å². The van der Waals surface area contributed by atoms with Crippen LogP contribution in [-0.4, -0.2) is 26.8 Å². The molecule has 0 saturated heterocycles. The van der Waals surface area contributed by atoms with Gasteiger partial charge in [-0.3, -0.25) is 4.72 Å². The van der Waals surface area contributed by atoms with Crippen LogP contribution in [0.25, 0.3) is 0 Å². The van der Waals surface area contributed by atoms with Crippen molar-refractivity contribution in [2.24, 2.45) is 0 Å². The quantitative estimate of drug-likeness (QED) is 0.917. The molecule has 0 spiro atoms. The summed E-state index contributed by atoms with van der Waals surface area (Å²) in [6, 6.07) is 5.87. The minimum absolute atomic E-state index is 0.00793. The molecule has 0 unspecified atom stereocenters. The molecule has 5 heteroatoms. The van der Waals surface area contributed by atoms with Gasteiger partial charge in [0.1, 0.15) is 0 Å². The van der Waals surface area contributed by atoms with E-state index in [0.717, 1.165) is 15.4 Å². The third-order valence-electron chi connectivity index (χ3n) is 2.82. The minimum atomic E-state index is -3.45. The average Bonchev–Trinajstić information content (AvgIpc) is 2.19. The highest BCUT2D eigenvalue weighted by Crippen LogP contribution is 2.27. The summed E-state index contributed by atoms with van der Waals surface area (Å²) in [5.41, 5.74) is 2.64. The fraction of sp³-hybridized carbons (Fsp3) is 0.538. The van der Waals surface area contributed by atoms with Gasteiger partial charge in [-0.25, -0.2) is 0 Å². The Balaban J connectivity index is 3.18. The summed E-state index contributed by atoms with van der Waals surface area (Å²) in [6.07, 6.45) is 0. The topological polar surface area (TPSA) is 49.4 Å². The van der Waals surface area contributed by atoms with Gasteiger partial charge in [0.25, 0.3) is 0 Å². The molecule has 0 atom stereocenters. The van der Waals surface area contributed by atoms with Crippen molar-refractivity contribution in [2.75, 3.05) is 18.8 Å². The molecule has 0 aromatic heterocycles. The molecule has 1 rings (SSSR count). The van der Waals surface area contributed by atoms with E-state index in [1.54, 1.807) is 0 Å². The molecule has 1 aromatic rings. The molecule has 0 fully saturated rings. The molecule has 0 saturated carbocycles. The monoisotopic (exact) mass is 270 g/mol. The zero-order chi connectivity index (χ0) is 14.1. The fourth-order valence-electron chi connectivity index (χ4n) is 1.43. The van der Waals surface area contributed by atoms with E-state index in [1.807, 2.05) is 25.1 Å². The van der Waals surface area contributed by atoms with Gasteiger partial charge in [-0.1, -0.05) is 32.9 Å². The predicted molar refractivity (Wildman–Crippen MR) is 76.1 cm³/mol. The van der Waals surface area contributed by atoms with Crippen molar-refractivity contribution in [3.63, 3.8) is 0 Å². The summed E-state index contributed by atoms with van der Waals surface area (Å²) >= 11 is 0. The van der Waals surface area contributed by atoms with Gasteiger partial charge >= 0.3 is 10.2 Å². The summed E-state index contributed by atoms with van der Waals surface area (Å²) < 4.78 is 27.4. The molecule has 0 bridgehead atoms. The lowest BCUT2D eigenvalue weighted by Crippen LogP contribution is -2.29. The molecular weight excluding hydrogens is 248 g/mol.